The molecular formula is C9H11BrO2. The van der Waals surface area contributed by atoms with Crippen LogP contribution in [0.1, 0.15) is 5.56 Å². The first-order valence-electron chi connectivity index (χ1n) is 3.41. The summed E-state index contributed by atoms with van der Waals surface area (Å²) >= 11 is 3.36. The molecule has 0 heterocycles. The van der Waals surface area contributed by atoms with E-state index in [2.05, 4.69) is 32.8 Å². The zero-order valence-corrected chi connectivity index (χ0v) is 8.45. The third-order valence-corrected chi connectivity index (χ3v) is 1.74. The molecule has 0 aliphatic rings. The predicted octanol–water partition coefficient (Wildman–Crippen LogP) is 2.37. The van der Waals surface area contributed by atoms with Crippen LogP contribution in [0.15, 0.2) is 30.3 Å². The molecule has 1 rings (SSSR count). The van der Waals surface area contributed by atoms with Gasteiger partial charge in [0.05, 0.1) is 7.11 Å². The molecule has 3 heteroatoms. The molecule has 1 aromatic rings. The maximum absolute atomic E-state index is 8.95. The van der Waals surface area contributed by atoms with Crippen LogP contribution >= 0.6 is 15.9 Å². The van der Waals surface area contributed by atoms with Gasteiger partial charge in [-0.15, -0.1) is 0 Å². The van der Waals surface area contributed by atoms with Gasteiger partial charge in [0.1, 0.15) is 0 Å². The minimum atomic E-state index is 0.375. The van der Waals surface area contributed by atoms with Crippen LogP contribution in [0.25, 0.3) is 0 Å². The number of hydrogen-bond acceptors (Lipinski definition) is 2. The fourth-order valence-electron chi connectivity index (χ4n) is 0.567. The van der Waals surface area contributed by atoms with Gasteiger partial charge >= 0.3 is 0 Å². The molecule has 0 radical (unpaired) electrons. The lowest BCUT2D eigenvalue weighted by Gasteiger charge is -1.88. The molecule has 0 saturated carbocycles. The molecule has 0 saturated heterocycles. The number of halogens is 1. The fraction of sp³-hybridized carbons (Fsp3) is 0.222. The monoisotopic (exact) mass is 230 g/mol. The van der Waals surface area contributed by atoms with Crippen LogP contribution in [0, 0.1) is 0 Å². The number of alkyl halides is 1. The first kappa shape index (κ1) is 11.2. The Balaban J connectivity index is 0.000000261. The van der Waals surface area contributed by atoms with Crippen molar-refractivity contribution in [3.63, 3.8) is 0 Å². The van der Waals surface area contributed by atoms with E-state index in [0.29, 0.717) is 6.47 Å². The largest absolute Gasteiger partial charge is 0.471 e. The average molecular weight is 231 g/mol. The Morgan fingerprint density at radius 3 is 2.17 bits per heavy atom. The molecule has 0 N–H and O–H groups in total. The summed E-state index contributed by atoms with van der Waals surface area (Å²) in [5.74, 6) is 0. The predicted molar refractivity (Wildman–Crippen MR) is 52.1 cm³/mol. The second-order valence-electron chi connectivity index (χ2n) is 1.95. The molecule has 0 aliphatic heterocycles. The second-order valence-corrected chi connectivity index (χ2v) is 2.51. The van der Waals surface area contributed by atoms with Crippen molar-refractivity contribution in [1.82, 2.24) is 0 Å². The van der Waals surface area contributed by atoms with E-state index in [4.69, 9.17) is 4.79 Å². The standard InChI is InChI=1S/C7H7Br.C2H4O2/c8-6-7-4-2-1-3-5-7;1-4-2-3/h1-5H,6H2;2H,1H3. The van der Waals surface area contributed by atoms with Gasteiger partial charge in [-0.2, -0.15) is 0 Å². The molecule has 0 amide bonds. The van der Waals surface area contributed by atoms with Crippen molar-refractivity contribution in [3.8, 4) is 0 Å². The molecule has 2 nitrogen and oxygen atoms in total. The summed E-state index contributed by atoms with van der Waals surface area (Å²) in [6.07, 6.45) is 0. The van der Waals surface area contributed by atoms with Crippen molar-refractivity contribution < 1.29 is 9.53 Å². The Morgan fingerprint density at radius 2 is 1.92 bits per heavy atom. The number of carbonyl (C=O) groups excluding carboxylic acids is 1. The molecule has 66 valence electrons. The van der Waals surface area contributed by atoms with Crippen LogP contribution in [-0.2, 0) is 14.9 Å². The van der Waals surface area contributed by atoms with Crippen molar-refractivity contribution in [2.75, 3.05) is 7.11 Å². The molecule has 1 aromatic carbocycles. The van der Waals surface area contributed by atoms with Crippen molar-refractivity contribution >= 4 is 22.4 Å². The van der Waals surface area contributed by atoms with Crippen LogP contribution in [0.5, 0.6) is 0 Å². The molecule has 0 aliphatic carbocycles. The van der Waals surface area contributed by atoms with Gasteiger partial charge in [0.15, 0.2) is 0 Å². The zero-order chi connectivity index (χ0) is 9.23. The van der Waals surface area contributed by atoms with Gasteiger partial charge in [-0.3, -0.25) is 4.79 Å². The molecule has 0 aromatic heterocycles. The Morgan fingerprint density at radius 1 is 1.42 bits per heavy atom. The maximum atomic E-state index is 8.95. The van der Waals surface area contributed by atoms with E-state index >= 15 is 0 Å². The van der Waals surface area contributed by atoms with Gasteiger partial charge < -0.3 is 4.74 Å². The Kier molecular flexibility index (Phi) is 7.70. The van der Waals surface area contributed by atoms with Gasteiger partial charge in [-0.25, -0.2) is 0 Å². The van der Waals surface area contributed by atoms with E-state index in [0.717, 1.165) is 5.33 Å². The summed E-state index contributed by atoms with van der Waals surface area (Å²) in [6, 6.07) is 10.3. The van der Waals surface area contributed by atoms with Crippen LogP contribution in [0.2, 0.25) is 0 Å². The fourth-order valence-corrected chi connectivity index (χ4v) is 0.941. The van der Waals surface area contributed by atoms with Gasteiger partial charge in [-0.05, 0) is 5.56 Å². The van der Waals surface area contributed by atoms with Crippen molar-refractivity contribution in [2.24, 2.45) is 0 Å². The quantitative estimate of drug-likeness (QED) is 0.577. The lowest BCUT2D eigenvalue weighted by molar-refractivity contribution is -0.126. The summed E-state index contributed by atoms with van der Waals surface area (Å²) in [5, 5.41) is 0.952. The van der Waals surface area contributed by atoms with Gasteiger partial charge in [0.2, 0.25) is 0 Å². The maximum Gasteiger partial charge on any atom is 0.292 e. The number of benzene rings is 1. The van der Waals surface area contributed by atoms with E-state index in [1.165, 1.54) is 12.7 Å². The molecule has 0 fully saturated rings. The number of methoxy groups -OCH3 is 1. The minimum absolute atomic E-state index is 0.375. The highest BCUT2D eigenvalue weighted by molar-refractivity contribution is 9.08. The zero-order valence-electron chi connectivity index (χ0n) is 6.87. The number of carbonyl (C=O) groups is 1. The first-order chi connectivity index (χ1) is 5.85. The van der Waals surface area contributed by atoms with E-state index in [9.17, 15) is 0 Å². The number of hydrogen-bond donors (Lipinski definition) is 0. The summed E-state index contributed by atoms with van der Waals surface area (Å²) in [6.45, 7) is 0.375. The molecular weight excluding hydrogens is 220 g/mol. The first-order valence-corrected chi connectivity index (χ1v) is 4.53. The Bertz CT molecular complexity index is 199. The topological polar surface area (TPSA) is 26.3 Å². The van der Waals surface area contributed by atoms with Crippen LogP contribution in [0.4, 0.5) is 0 Å². The highest BCUT2D eigenvalue weighted by Gasteiger charge is 1.81. The van der Waals surface area contributed by atoms with Crippen LogP contribution < -0.4 is 0 Å². The summed E-state index contributed by atoms with van der Waals surface area (Å²) in [4.78, 5) is 8.95. The number of ether oxygens (including phenoxy) is 1. The Labute approximate surface area is 80.7 Å². The smallest absolute Gasteiger partial charge is 0.292 e. The minimum Gasteiger partial charge on any atom is -0.471 e. The molecule has 0 unspecified atom stereocenters. The van der Waals surface area contributed by atoms with Crippen molar-refractivity contribution in [2.45, 2.75) is 5.33 Å². The van der Waals surface area contributed by atoms with E-state index < -0.39 is 0 Å². The van der Waals surface area contributed by atoms with Gasteiger partial charge in [-0.1, -0.05) is 46.3 Å². The lowest BCUT2D eigenvalue weighted by Crippen LogP contribution is -1.70. The van der Waals surface area contributed by atoms with E-state index in [-0.39, 0.29) is 0 Å². The lowest BCUT2D eigenvalue weighted by atomic mass is 10.2. The average Bonchev–Trinajstić information content (AvgIpc) is 2.19. The van der Waals surface area contributed by atoms with Gasteiger partial charge in [0.25, 0.3) is 6.47 Å². The molecule has 0 spiro atoms. The van der Waals surface area contributed by atoms with Crippen LogP contribution in [-0.4, -0.2) is 13.6 Å². The second kappa shape index (κ2) is 8.27. The highest BCUT2D eigenvalue weighted by Crippen LogP contribution is 2.02. The normalized spacial score (nSPS) is 7.83. The van der Waals surface area contributed by atoms with Crippen molar-refractivity contribution in [1.29, 1.82) is 0 Å². The third-order valence-electron chi connectivity index (χ3n) is 1.09. The highest BCUT2D eigenvalue weighted by atomic mass is 79.9. The summed E-state index contributed by atoms with van der Waals surface area (Å²) in [7, 11) is 1.31. The van der Waals surface area contributed by atoms with E-state index in [1.807, 2.05) is 18.2 Å². The van der Waals surface area contributed by atoms with Gasteiger partial charge in [0, 0.05) is 5.33 Å². The molecule has 0 atom stereocenters. The molecule has 12 heavy (non-hydrogen) atoms. The summed E-state index contributed by atoms with van der Waals surface area (Å²) in [5.41, 5.74) is 1.33. The van der Waals surface area contributed by atoms with Crippen molar-refractivity contribution in [3.05, 3.63) is 35.9 Å². The summed E-state index contributed by atoms with van der Waals surface area (Å²) < 4.78 is 3.86. The van der Waals surface area contributed by atoms with Crippen LogP contribution in [0.3, 0.4) is 0 Å². The Hall–Kier alpha value is -0.830. The molecule has 0 bridgehead atoms. The number of rotatable bonds is 2. The third kappa shape index (κ3) is 5.92. The van der Waals surface area contributed by atoms with E-state index in [1.54, 1.807) is 0 Å². The SMILES string of the molecule is BrCc1ccccc1.COC=O.